The van der Waals surface area contributed by atoms with Crippen LogP contribution >= 0.6 is 0 Å². The van der Waals surface area contributed by atoms with Gasteiger partial charge in [-0.05, 0) is 55.5 Å². The zero-order valence-electron chi connectivity index (χ0n) is 11.6. The van der Waals surface area contributed by atoms with Crippen molar-refractivity contribution in [1.29, 1.82) is 0 Å². The highest BCUT2D eigenvalue weighted by Gasteiger charge is 2.19. The molecule has 1 fully saturated rings. The van der Waals surface area contributed by atoms with E-state index < -0.39 is 0 Å². The van der Waals surface area contributed by atoms with Gasteiger partial charge in [-0.1, -0.05) is 12.1 Å². The lowest BCUT2D eigenvalue weighted by molar-refractivity contribution is 0.624. The van der Waals surface area contributed by atoms with Gasteiger partial charge in [0.25, 0.3) is 0 Å². The number of nitrogens with zero attached hydrogens (tertiary/aromatic N) is 2. The zero-order valence-corrected chi connectivity index (χ0v) is 11.6. The van der Waals surface area contributed by atoms with Crippen molar-refractivity contribution >= 4 is 0 Å². The Hall–Kier alpha value is -1.68. The van der Waals surface area contributed by atoms with Crippen LogP contribution in [0.25, 0.3) is 0 Å². The first-order valence-corrected chi connectivity index (χ1v) is 7.29. The quantitative estimate of drug-likeness (QED) is 0.786. The van der Waals surface area contributed by atoms with Gasteiger partial charge in [0, 0.05) is 12.2 Å². The van der Waals surface area contributed by atoms with Crippen LogP contribution in [0.5, 0.6) is 0 Å². The Morgan fingerprint density at radius 2 is 2.00 bits per heavy atom. The van der Waals surface area contributed by atoms with Crippen LogP contribution < -0.4 is 5.32 Å². The van der Waals surface area contributed by atoms with Gasteiger partial charge in [0.05, 0.1) is 12.7 Å². The van der Waals surface area contributed by atoms with Crippen LogP contribution in [0, 0.1) is 5.82 Å². The van der Waals surface area contributed by atoms with E-state index in [4.69, 9.17) is 0 Å². The maximum Gasteiger partial charge on any atom is 0.123 e. The van der Waals surface area contributed by atoms with Gasteiger partial charge in [0.1, 0.15) is 5.82 Å². The number of benzene rings is 1. The summed E-state index contributed by atoms with van der Waals surface area (Å²) in [4.78, 5) is 0. The predicted octanol–water partition coefficient (Wildman–Crippen LogP) is 2.76. The fraction of sp³-hybridized carbons (Fsp3) is 0.438. The second-order valence-corrected chi connectivity index (χ2v) is 5.50. The van der Waals surface area contributed by atoms with Crippen molar-refractivity contribution in [3.8, 4) is 0 Å². The normalized spacial score (nSPS) is 14.7. The summed E-state index contributed by atoms with van der Waals surface area (Å²) in [5, 5.41) is 7.88. The lowest BCUT2D eigenvalue weighted by Crippen LogP contribution is -2.17. The average Bonchev–Trinajstić information content (AvgIpc) is 3.17. The summed E-state index contributed by atoms with van der Waals surface area (Å²) in [6.07, 6.45) is 8.91. The van der Waals surface area contributed by atoms with E-state index in [-0.39, 0.29) is 5.82 Å². The van der Waals surface area contributed by atoms with Crippen LogP contribution in [-0.4, -0.2) is 22.4 Å². The average molecular weight is 273 g/mol. The number of nitrogens with one attached hydrogen (secondary N) is 1. The number of halogens is 1. The molecule has 1 N–H and O–H groups in total. The molecule has 0 amide bonds. The van der Waals surface area contributed by atoms with Crippen molar-refractivity contribution in [2.45, 2.75) is 38.3 Å². The number of aromatic nitrogens is 2. The van der Waals surface area contributed by atoms with Crippen LogP contribution in [0.4, 0.5) is 4.39 Å². The first-order chi connectivity index (χ1) is 9.79. The minimum absolute atomic E-state index is 0.196. The zero-order chi connectivity index (χ0) is 13.8. The fourth-order valence-electron chi connectivity index (χ4n) is 2.28. The molecule has 3 nitrogen and oxygen atoms in total. The summed E-state index contributed by atoms with van der Waals surface area (Å²) < 4.78 is 14.7. The monoisotopic (exact) mass is 273 g/mol. The largest absolute Gasteiger partial charge is 0.314 e. The summed E-state index contributed by atoms with van der Waals surface area (Å²) in [5.74, 6) is -0.196. The molecular formula is C16H20FN3. The third-order valence-electron chi connectivity index (χ3n) is 3.60. The molecule has 0 radical (unpaired) electrons. The molecule has 3 rings (SSSR count). The van der Waals surface area contributed by atoms with Crippen molar-refractivity contribution in [3.05, 3.63) is 53.6 Å². The predicted molar refractivity (Wildman–Crippen MR) is 77.1 cm³/mol. The molecule has 106 valence electrons. The Morgan fingerprint density at radius 3 is 2.75 bits per heavy atom. The minimum atomic E-state index is -0.196. The van der Waals surface area contributed by atoms with Gasteiger partial charge in [0.15, 0.2) is 0 Å². The molecule has 0 unspecified atom stereocenters. The van der Waals surface area contributed by atoms with E-state index in [1.54, 1.807) is 12.1 Å². The molecule has 20 heavy (non-hydrogen) atoms. The highest BCUT2D eigenvalue weighted by Crippen LogP contribution is 2.18. The second-order valence-electron chi connectivity index (χ2n) is 5.50. The molecule has 1 aromatic carbocycles. The van der Waals surface area contributed by atoms with Gasteiger partial charge in [-0.3, -0.25) is 4.68 Å². The van der Waals surface area contributed by atoms with Crippen molar-refractivity contribution in [2.75, 3.05) is 6.54 Å². The SMILES string of the molecule is Fc1ccc(Cn2cc(CCCNC3CC3)cn2)cc1. The van der Waals surface area contributed by atoms with Crippen molar-refractivity contribution in [3.63, 3.8) is 0 Å². The van der Waals surface area contributed by atoms with Crippen molar-refractivity contribution < 1.29 is 4.39 Å². The first-order valence-electron chi connectivity index (χ1n) is 7.29. The van der Waals surface area contributed by atoms with Crippen LogP contribution in [0.3, 0.4) is 0 Å². The summed E-state index contributed by atoms with van der Waals surface area (Å²) in [6.45, 7) is 1.79. The topological polar surface area (TPSA) is 29.9 Å². The molecule has 2 aromatic rings. The summed E-state index contributed by atoms with van der Waals surface area (Å²) in [6, 6.07) is 7.37. The third kappa shape index (κ3) is 3.90. The molecule has 4 heteroatoms. The standard InChI is InChI=1S/C16H20FN3/c17-15-5-3-13(4-6-15)11-20-12-14(10-19-20)2-1-9-18-16-7-8-16/h3-6,10,12,16,18H,1-2,7-9,11H2. The van der Waals surface area contributed by atoms with Gasteiger partial charge < -0.3 is 5.32 Å². The minimum Gasteiger partial charge on any atom is -0.314 e. The van der Waals surface area contributed by atoms with Crippen molar-refractivity contribution in [2.24, 2.45) is 0 Å². The molecule has 1 aliphatic rings. The smallest absolute Gasteiger partial charge is 0.123 e. The molecule has 0 bridgehead atoms. The number of hydrogen-bond donors (Lipinski definition) is 1. The highest BCUT2D eigenvalue weighted by molar-refractivity contribution is 5.16. The van der Waals surface area contributed by atoms with E-state index in [0.717, 1.165) is 31.0 Å². The molecule has 0 spiro atoms. The maximum atomic E-state index is 12.8. The summed E-state index contributed by atoms with van der Waals surface area (Å²) >= 11 is 0. The first kappa shape index (κ1) is 13.3. The lowest BCUT2D eigenvalue weighted by Gasteiger charge is -2.02. The van der Waals surface area contributed by atoms with Gasteiger partial charge in [-0.15, -0.1) is 0 Å². The fourth-order valence-corrected chi connectivity index (χ4v) is 2.28. The number of hydrogen-bond acceptors (Lipinski definition) is 2. The summed E-state index contributed by atoms with van der Waals surface area (Å²) in [7, 11) is 0. The Labute approximate surface area is 118 Å². The van der Waals surface area contributed by atoms with Gasteiger partial charge in [-0.25, -0.2) is 4.39 Å². The molecule has 0 aliphatic heterocycles. The third-order valence-corrected chi connectivity index (χ3v) is 3.60. The molecule has 0 atom stereocenters. The van der Waals surface area contributed by atoms with Crippen LogP contribution in [0.2, 0.25) is 0 Å². The molecule has 0 saturated heterocycles. The Kier molecular flexibility index (Phi) is 4.11. The van der Waals surface area contributed by atoms with E-state index in [2.05, 4.69) is 16.6 Å². The molecule has 1 heterocycles. The van der Waals surface area contributed by atoms with Gasteiger partial charge in [-0.2, -0.15) is 5.10 Å². The van der Waals surface area contributed by atoms with E-state index in [1.807, 2.05) is 10.9 Å². The maximum absolute atomic E-state index is 12.8. The molecule has 1 aromatic heterocycles. The van der Waals surface area contributed by atoms with Crippen LogP contribution in [0.1, 0.15) is 30.4 Å². The summed E-state index contributed by atoms with van der Waals surface area (Å²) in [5.41, 5.74) is 2.33. The second kappa shape index (κ2) is 6.18. The Balaban J connectivity index is 1.46. The van der Waals surface area contributed by atoms with Crippen molar-refractivity contribution in [1.82, 2.24) is 15.1 Å². The van der Waals surface area contributed by atoms with Gasteiger partial charge in [0.2, 0.25) is 0 Å². The van der Waals surface area contributed by atoms with E-state index in [1.165, 1.54) is 30.5 Å². The Bertz CT molecular complexity index is 543. The van der Waals surface area contributed by atoms with Crippen LogP contribution in [0.15, 0.2) is 36.7 Å². The number of aryl methyl sites for hydroxylation is 1. The van der Waals surface area contributed by atoms with E-state index >= 15 is 0 Å². The molecular weight excluding hydrogens is 253 g/mol. The highest BCUT2D eigenvalue weighted by atomic mass is 19.1. The van der Waals surface area contributed by atoms with Crippen LogP contribution in [-0.2, 0) is 13.0 Å². The van der Waals surface area contributed by atoms with Gasteiger partial charge >= 0.3 is 0 Å². The van der Waals surface area contributed by atoms with E-state index in [0.29, 0.717) is 6.54 Å². The van der Waals surface area contributed by atoms with E-state index in [9.17, 15) is 4.39 Å². The lowest BCUT2D eigenvalue weighted by atomic mass is 10.2. The number of rotatable bonds is 7. The molecule has 1 aliphatic carbocycles. The Morgan fingerprint density at radius 1 is 1.20 bits per heavy atom. The molecule has 1 saturated carbocycles.